The molecular weight excluding hydrogens is 400 g/mol. The van der Waals surface area contributed by atoms with E-state index in [9.17, 15) is 18.0 Å². The molecule has 3 rings (SSSR count). The number of amides is 2. The molecule has 0 radical (unpaired) electrons. The molecule has 8 nitrogen and oxygen atoms in total. The minimum absolute atomic E-state index is 0.328. The van der Waals surface area contributed by atoms with E-state index in [0.717, 1.165) is 11.8 Å². The molecule has 1 atom stereocenters. The quantitative estimate of drug-likeness (QED) is 0.569. The van der Waals surface area contributed by atoms with Crippen LogP contribution < -0.4 is 21.1 Å². The van der Waals surface area contributed by atoms with E-state index in [0.29, 0.717) is 21.9 Å². The van der Waals surface area contributed by atoms with Crippen molar-refractivity contribution in [2.24, 2.45) is 11.7 Å². The first-order valence-corrected chi connectivity index (χ1v) is 10.9. The number of rotatable bonds is 6. The molecular formula is C18H18N4O4S2. The first-order chi connectivity index (χ1) is 13.2. The second-order valence-electron chi connectivity index (χ2n) is 6.12. The van der Waals surface area contributed by atoms with Crippen LogP contribution in [-0.2, 0) is 14.8 Å². The molecule has 1 aliphatic rings. The largest absolute Gasteiger partial charge is 0.369 e. The highest BCUT2D eigenvalue weighted by Crippen LogP contribution is 2.25. The Morgan fingerprint density at radius 3 is 2.68 bits per heavy atom. The monoisotopic (exact) mass is 418 g/mol. The summed E-state index contributed by atoms with van der Waals surface area (Å²) in [5.74, 6) is -1.28. The van der Waals surface area contributed by atoms with Crippen molar-refractivity contribution >= 4 is 50.2 Å². The van der Waals surface area contributed by atoms with E-state index in [1.165, 1.54) is 17.4 Å². The van der Waals surface area contributed by atoms with Gasteiger partial charge in [-0.2, -0.15) is 0 Å². The van der Waals surface area contributed by atoms with Crippen molar-refractivity contribution in [3.8, 4) is 0 Å². The molecule has 0 saturated heterocycles. The van der Waals surface area contributed by atoms with Crippen molar-refractivity contribution in [2.45, 2.75) is 0 Å². The Labute approximate surface area is 166 Å². The van der Waals surface area contributed by atoms with Crippen molar-refractivity contribution in [2.75, 3.05) is 16.3 Å². The zero-order valence-corrected chi connectivity index (χ0v) is 16.4. The van der Waals surface area contributed by atoms with E-state index in [2.05, 4.69) is 15.4 Å². The molecule has 0 saturated carbocycles. The summed E-state index contributed by atoms with van der Waals surface area (Å²) in [6.45, 7) is 0. The van der Waals surface area contributed by atoms with Crippen molar-refractivity contribution in [1.82, 2.24) is 5.32 Å². The lowest BCUT2D eigenvalue weighted by Crippen LogP contribution is -2.24. The van der Waals surface area contributed by atoms with Gasteiger partial charge in [0, 0.05) is 22.3 Å². The zero-order valence-electron chi connectivity index (χ0n) is 14.8. The van der Waals surface area contributed by atoms with Crippen LogP contribution in [0.2, 0.25) is 0 Å². The number of hydrogen-bond acceptors (Lipinski definition) is 6. The second kappa shape index (κ2) is 7.87. The van der Waals surface area contributed by atoms with Crippen molar-refractivity contribution < 1.29 is 18.0 Å². The first kappa shape index (κ1) is 19.6. The summed E-state index contributed by atoms with van der Waals surface area (Å²) in [6.07, 6.45) is 6.05. The number of primary amides is 1. The molecule has 0 bridgehead atoms. The highest BCUT2D eigenvalue weighted by Gasteiger charge is 2.17. The lowest BCUT2D eigenvalue weighted by Gasteiger charge is -2.14. The Morgan fingerprint density at radius 2 is 1.96 bits per heavy atom. The van der Waals surface area contributed by atoms with Gasteiger partial charge in [-0.25, -0.2) is 8.42 Å². The molecule has 5 N–H and O–H groups in total. The highest BCUT2D eigenvalue weighted by atomic mass is 32.2. The Balaban J connectivity index is 1.73. The summed E-state index contributed by atoms with van der Waals surface area (Å²) in [5.41, 5.74) is 7.60. The number of nitrogens with two attached hydrogens (primary N) is 1. The van der Waals surface area contributed by atoms with E-state index in [1.807, 2.05) is 0 Å². The number of dihydropyridines is 1. The summed E-state index contributed by atoms with van der Waals surface area (Å²) >= 11 is 1.25. The van der Waals surface area contributed by atoms with Gasteiger partial charge in [-0.3, -0.25) is 14.3 Å². The van der Waals surface area contributed by atoms with Crippen LogP contribution in [0.5, 0.6) is 0 Å². The lowest BCUT2D eigenvalue weighted by molar-refractivity contribution is -0.119. The van der Waals surface area contributed by atoms with Gasteiger partial charge >= 0.3 is 0 Å². The highest BCUT2D eigenvalue weighted by molar-refractivity contribution is 7.92. The van der Waals surface area contributed by atoms with E-state index >= 15 is 0 Å². The molecule has 1 aliphatic heterocycles. The predicted molar refractivity (Wildman–Crippen MR) is 110 cm³/mol. The van der Waals surface area contributed by atoms with E-state index in [1.54, 1.807) is 48.0 Å². The van der Waals surface area contributed by atoms with Crippen LogP contribution in [0.15, 0.2) is 54.1 Å². The fraction of sp³-hybridized carbons (Fsp3) is 0.111. The van der Waals surface area contributed by atoms with Gasteiger partial charge in [0.1, 0.15) is 0 Å². The Hall–Kier alpha value is -3.11. The maximum Gasteiger partial charge on any atom is 0.265 e. The lowest BCUT2D eigenvalue weighted by atomic mass is 10.0. The molecule has 0 fully saturated rings. The fourth-order valence-corrected chi connectivity index (χ4v) is 3.90. The smallest absolute Gasteiger partial charge is 0.265 e. The minimum Gasteiger partial charge on any atom is -0.369 e. The molecule has 2 aromatic rings. The molecule has 0 spiro atoms. The summed E-state index contributed by atoms with van der Waals surface area (Å²) < 4.78 is 25.0. The van der Waals surface area contributed by atoms with Crippen LogP contribution >= 0.6 is 11.3 Å². The number of benzene rings is 1. The van der Waals surface area contributed by atoms with Crippen LogP contribution in [0, 0.1) is 5.92 Å². The van der Waals surface area contributed by atoms with E-state index in [4.69, 9.17) is 5.73 Å². The molecule has 2 amide bonds. The third-order valence-electron chi connectivity index (χ3n) is 3.78. The molecule has 1 aromatic carbocycles. The third-order valence-corrected chi connectivity index (χ3v) is 5.31. The third kappa shape index (κ3) is 4.99. The van der Waals surface area contributed by atoms with Gasteiger partial charge in [0.25, 0.3) is 5.91 Å². The van der Waals surface area contributed by atoms with Crippen molar-refractivity contribution in [3.05, 3.63) is 64.5 Å². The molecule has 1 unspecified atom stereocenters. The Morgan fingerprint density at radius 1 is 1.21 bits per heavy atom. The van der Waals surface area contributed by atoms with Gasteiger partial charge in [0.05, 0.1) is 22.7 Å². The number of sulfonamides is 1. The number of hydrogen-bond donors (Lipinski definition) is 4. The van der Waals surface area contributed by atoms with Gasteiger partial charge in [-0.05, 0) is 36.5 Å². The normalized spacial score (nSPS) is 16.0. The maximum absolute atomic E-state index is 12.5. The number of nitrogens with one attached hydrogen (secondary N) is 3. The van der Waals surface area contributed by atoms with Crippen molar-refractivity contribution in [3.63, 3.8) is 0 Å². The number of carbonyl (C=O) groups is 2. The molecule has 0 aliphatic carbocycles. The number of carbonyl (C=O) groups excluding carboxylic acids is 2. The first-order valence-electron chi connectivity index (χ1n) is 8.14. The molecule has 1 aromatic heterocycles. The Bertz CT molecular complexity index is 1090. The average molecular weight is 419 g/mol. The maximum atomic E-state index is 12.5. The SMILES string of the molecule is CS(=O)(=O)Nc1cccc(NC(=O)c2cc(C3=CC(C(N)=O)C=CN3)cs2)c1. The van der Waals surface area contributed by atoms with Gasteiger partial charge in [-0.1, -0.05) is 12.1 Å². The Kier molecular flexibility index (Phi) is 5.52. The topological polar surface area (TPSA) is 130 Å². The summed E-state index contributed by atoms with van der Waals surface area (Å²) in [6, 6.07) is 8.11. The summed E-state index contributed by atoms with van der Waals surface area (Å²) in [4.78, 5) is 24.3. The van der Waals surface area contributed by atoms with Crippen LogP contribution in [-0.4, -0.2) is 26.5 Å². The van der Waals surface area contributed by atoms with Crippen molar-refractivity contribution in [1.29, 1.82) is 0 Å². The standard InChI is InChI=1S/C18H18N4O4S2/c1-28(25,26)22-14-4-2-3-13(9-14)21-18(24)16-8-12(10-27-16)15-7-11(17(19)23)5-6-20-15/h2-11,20,22H,1H3,(H2,19,23)(H,21,24). The average Bonchev–Trinajstić information content (AvgIpc) is 3.11. The van der Waals surface area contributed by atoms with E-state index < -0.39 is 21.8 Å². The minimum atomic E-state index is -3.41. The molecule has 2 heterocycles. The predicted octanol–water partition coefficient (Wildman–Crippen LogP) is 1.93. The van der Waals surface area contributed by atoms with Gasteiger partial charge in [-0.15, -0.1) is 11.3 Å². The number of anilines is 2. The fourth-order valence-electron chi connectivity index (χ4n) is 2.55. The van der Waals surface area contributed by atoms with E-state index in [-0.39, 0.29) is 5.91 Å². The summed E-state index contributed by atoms with van der Waals surface area (Å²) in [7, 11) is -3.41. The van der Waals surface area contributed by atoms with Crippen LogP contribution in [0.4, 0.5) is 11.4 Å². The second-order valence-corrected chi connectivity index (χ2v) is 8.78. The van der Waals surface area contributed by atoms with Crippen LogP contribution in [0.3, 0.4) is 0 Å². The molecule has 28 heavy (non-hydrogen) atoms. The van der Waals surface area contributed by atoms with Crippen LogP contribution in [0.25, 0.3) is 5.70 Å². The summed E-state index contributed by atoms with van der Waals surface area (Å²) in [5, 5.41) is 7.57. The molecule has 10 heteroatoms. The van der Waals surface area contributed by atoms with Gasteiger partial charge in [0.2, 0.25) is 15.9 Å². The zero-order chi connectivity index (χ0) is 20.3. The van der Waals surface area contributed by atoms with Crippen LogP contribution in [0.1, 0.15) is 15.2 Å². The number of thiophene rings is 1. The van der Waals surface area contributed by atoms with Gasteiger partial charge in [0.15, 0.2) is 0 Å². The molecule has 146 valence electrons. The van der Waals surface area contributed by atoms with Gasteiger partial charge < -0.3 is 16.4 Å².